The van der Waals surface area contributed by atoms with Crippen molar-refractivity contribution in [1.82, 2.24) is 0 Å². The van der Waals surface area contributed by atoms with Crippen LogP contribution in [0.4, 0.5) is 0 Å². The molecule has 12 heavy (non-hydrogen) atoms. The molecule has 0 amide bonds. The Labute approximate surface area is 76.2 Å². The molecule has 0 radical (unpaired) electrons. The third kappa shape index (κ3) is 3.11. The van der Waals surface area contributed by atoms with Crippen molar-refractivity contribution in [2.75, 3.05) is 0 Å². The van der Waals surface area contributed by atoms with Crippen LogP contribution in [0.5, 0.6) is 0 Å². The molecule has 0 aromatic rings. The van der Waals surface area contributed by atoms with Crippen LogP contribution in [-0.4, -0.2) is 16.7 Å². The van der Waals surface area contributed by atoms with Crippen molar-refractivity contribution in [1.29, 1.82) is 0 Å². The predicted molar refractivity (Wildman–Crippen MR) is 53.0 cm³/mol. The van der Waals surface area contributed by atoms with E-state index < -0.39 is 5.60 Å². The van der Waals surface area contributed by atoms with E-state index >= 15 is 0 Å². The van der Waals surface area contributed by atoms with Crippen molar-refractivity contribution in [3.05, 3.63) is 0 Å². The molecule has 0 saturated heterocycles. The van der Waals surface area contributed by atoms with E-state index in [2.05, 4.69) is 13.8 Å². The fraction of sp³-hybridized carbons (Fsp3) is 1.00. The summed E-state index contributed by atoms with van der Waals surface area (Å²) < 4.78 is 0. The van der Waals surface area contributed by atoms with Gasteiger partial charge < -0.3 is 10.8 Å². The molecule has 1 unspecified atom stereocenters. The van der Waals surface area contributed by atoms with E-state index in [-0.39, 0.29) is 6.04 Å². The molecule has 0 saturated carbocycles. The van der Waals surface area contributed by atoms with E-state index in [1.807, 2.05) is 13.8 Å². The van der Waals surface area contributed by atoms with E-state index in [1.54, 1.807) is 0 Å². The van der Waals surface area contributed by atoms with Crippen LogP contribution in [0.2, 0.25) is 0 Å². The first-order valence-electron chi connectivity index (χ1n) is 4.94. The zero-order valence-corrected chi connectivity index (χ0v) is 8.80. The lowest BCUT2D eigenvalue weighted by Gasteiger charge is -2.33. The second kappa shape index (κ2) is 4.83. The van der Waals surface area contributed by atoms with Gasteiger partial charge in [-0.1, -0.05) is 27.7 Å². The predicted octanol–water partition coefficient (Wildman–Crippen LogP) is 1.91. The Kier molecular flexibility index (Phi) is 4.80. The van der Waals surface area contributed by atoms with Crippen LogP contribution in [0.1, 0.15) is 47.0 Å². The van der Waals surface area contributed by atoms with Gasteiger partial charge in [0.2, 0.25) is 0 Å². The second-order valence-electron chi connectivity index (χ2n) is 4.05. The topological polar surface area (TPSA) is 46.2 Å². The smallest absolute Gasteiger partial charge is 0.0792 e. The number of nitrogens with two attached hydrogens (primary N) is 1. The van der Waals surface area contributed by atoms with Crippen molar-refractivity contribution in [2.24, 2.45) is 11.7 Å². The summed E-state index contributed by atoms with van der Waals surface area (Å²) in [6.07, 6.45) is 2.40. The maximum atomic E-state index is 10.0. The lowest BCUT2D eigenvalue weighted by atomic mass is 9.84. The number of hydrogen-bond acceptors (Lipinski definition) is 2. The van der Waals surface area contributed by atoms with Crippen molar-refractivity contribution in [3.63, 3.8) is 0 Å². The van der Waals surface area contributed by atoms with Crippen molar-refractivity contribution < 1.29 is 5.11 Å². The van der Waals surface area contributed by atoms with E-state index in [1.165, 1.54) is 0 Å². The average Bonchev–Trinajstić information content (AvgIpc) is 2.02. The minimum atomic E-state index is -0.649. The summed E-state index contributed by atoms with van der Waals surface area (Å²) >= 11 is 0. The molecule has 2 heteroatoms. The quantitative estimate of drug-likeness (QED) is 0.667. The molecule has 1 atom stereocenters. The Morgan fingerprint density at radius 3 is 1.92 bits per heavy atom. The normalized spacial score (nSPS) is 15.2. The molecule has 0 aromatic heterocycles. The summed E-state index contributed by atoms with van der Waals surface area (Å²) in [5.41, 5.74) is 5.28. The SMILES string of the molecule is CCC(O)(CC)C(N)CC(C)C. The Bertz CT molecular complexity index is 119. The van der Waals surface area contributed by atoms with Crippen LogP contribution < -0.4 is 5.73 Å². The molecule has 0 spiro atoms. The molecule has 0 rings (SSSR count). The molecule has 0 heterocycles. The van der Waals surface area contributed by atoms with Gasteiger partial charge in [-0.15, -0.1) is 0 Å². The van der Waals surface area contributed by atoms with Gasteiger partial charge in [-0.05, 0) is 25.2 Å². The lowest BCUT2D eigenvalue weighted by molar-refractivity contribution is 0.000555. The number of rotatable bonds is 5. The van der Waals surface area contributed by atoms with Crippen molar-refractivity contribution in [3.8, 4) is 0 Å². The van der Waals surface area contributed by atoms with Crippen LogP contribution in [0, 0.1) is 5.92 Å². The van der Waals surface area contributed by atoms with E-state index in [9.17, 15) is 5.11 Å². The van der Waals surface area contributed by atoms with Gasteiger partial charge in [0.1, 0.15) is 0 Å². The lowest BCUT2D eigenvalue weighted by Crippen LogP contribution is -2.47. The van der Waals surface area contributed by atoms with E-state index in [0.717, 1.165) is 19.3 Å². The Hall–Kier alpha value is -0.0800. The van der Waals surface area contributed by atoms with Gasteiger partial charge in [-0.25, -0.2) is 0 Å². The van der Waals surface area contributed by atoms with Gasteiger partial charge in [0, 0.05) is 6.04 Å². The third-order valence-electron chi connectivity index (χ3n) is 2.64. The van der Waals surface area contributed by atoms with Crippen LogP contribution in [0.3, 0.4) is 0 Å². The van der Waals surface area contributed by atoms with Gasteiger partial charge in [0.05, 0.1) is 5.60 Å². The van der Waals surface area contributed by atoms with E-state index in [0.29, 0.717) is 5.92 Å². The highest BCUT2D eigenvalue weighted by atomic mass is 16.3. The number of aliphatic hydroxyl groups is 1. The highest BCUT2D eigenvalue weighted by Crippen LogP contribution is 2.22. The van der Waals surface area contributed by atoms with Crippen molar-refractivity contribution in [2.45, 2.75) is 58.6 Å². The van der Waals surface area contributed by atoms with Gasteiger partial charge in [0.25, 0.3) is 0 Å². The van der Waals surface area contributed by atoms with Gasteiger partial charge in [-0.2, -0.15) is 0 Å². The Morgan fingerprint density at radius 2 is 1.67 bits per heavy atom. The summed E-state index contributed by atoms with van der Waals surface area (Å²) in [6, 6.07) is -0.0764. The first kappa shape index (κ1) is 11.9. The fourth-order valence-electron chi connectivity index (χ4n) is 1.50. The first-order valence-corrected chi connectivity index (χ1v) is 4.94. The second-order valence-corrected chi connectivity index (χ2v) is 4.05. The zero-order valence-electron chi connectivity index (χ0n) is 8.80. The summed E-state index contributed by atoms with van der Waals surface area (Å²) in [4.78, 5) is 0. The molecular formula is C10H23NO. The molecule has 0 aliphatic rings. The van der Waals surface area contributed by atoms with Crippen LogP contribution in [0.15, 0.2) is 0 Å². The molecule has 0 bridgehead atoms. The molecule has 74 valence electrons. The van der Waals surface area contributed by atoms with Gasteiger partial charge in [-0.3, -0.25) is 0 Å². The van der Waals surface area contributed by atoms with Crippen LogP contribution >= 0.6 is 0 Å². The van der Waals surface area contributed by atoms with E-state index in [4.69, 9.17) is 5.73 Å². The minimum Gasteiger partial charge on any atom is -0.388 e. The molecule has 0 aromatic carbocycles. The summed E-state index contributed by atoms with van der Waals surface area (Å²) in [5, 5.41) is 10.0. The molecule has 0 aliphatic carbocycles. The standard InChI is InChI=1S/C10H23NO/c1-5-10(12,6-2)9(11)7-8(3)4/h8-9,12H,5-7,11H2,1-4H3. The highest BCUT2D eigenvalue weighted by molar-refractivity contribution is 4.87. The van der Waals surface area contributed by atoms with Crippen LogP contribution in [-0.2, 0) is 0 Å². The number of hydrogen-bond donors (Lipinski definition) is 2. The molecule has 0 aliphatic heterocycles. The highest BCUT2D eigenvalue weighted by Gasteiger charge is 2.30. The fourth-order valence-corrected chi connectivity index (χ4v) is 1.50. The maximum Gasteiger partial charge on any atom is 0.0792 e. The summed E-state index contributed by atoms with van der Waals surface area (Å²) in [6.45, 7) is 8.24. The summed E-state index contributed by atoms with van der Waals surface area (Å²) in [7, 11) is 0. The largest absolute Gasteiger partial charge is 0.388 e. The van der Waals surface area contributed by atoms with Gasteiger partial charge in [0.15, 0.2) is 0 Å². The van der Waals surface area contributed by atoms with Crippen LogP contribution in [0.25, 0.3) is 0 Å². The maximum absolute atomic E-state index is 10.0. The summed E-state index contributed by atoms with van der Waals surface area (Å²) in [5.74, 6) is 0.560. The third-order valence-corrected chi connectivity index (χ3v) is 2.64. The molecule has 3 N–H and O–H groups in total. The average molecular weight is 173 g/mol. The molecule has 2 nitrogen and oxygen atoms in total. The van der Waals surface area contributed by atoms with Gasteiger partial charge >= 0.3 is 0 Å². The Morgan fingerprint density at radius 1 is 1.25 bits per heavy atom. The molecule has 0 fully saturated rings. The Balaban J connectivity index is 4.11. The minimum absolute atomic E-state index is 0.0764. The first-order chi connectivity index (χ1) is 5.46. The monoisotopic (exact) mass is 173 g/mol. The van der Waals surface area contributed by atoms with Crippen molar-refractivity contribution >= 4 is 0 Å². The molecular weight excluding hydrogens is 150 g/mol. The zero-order chi connectivity index (χ0) is 9.78.